The van der Waals surface area contributed by atoms with Gasteiger partial charge in [0.1, 0.15) is 18.4 Å². The predicted octanol–water partition coefficient (Wildman–Crippen LogP) is 5.38. The Kier molecular flexibility index (Phi) is 7.58. The first-order valence-electron chi connectivity index (χ1n) is 12.4. The van der Waals surface area contributed by atoms with Crippen LogP contribution in [0.15, 0.2) is 52.3 Å². The standard InChI is InChI=1S/C27H26ClF3N4O3S/c1-15-10-17(28)11-20(24(15)38-22-4-3-7-32-16(22)2)19-5-8-33-21-12-18(39-25(19)21)13-35-23(36)6-9-34(26(35)37)14-27(29,30)31/h5-6,8-12,16,22,32H,3-4,7,13-14H2,1-2H3/t16-,22+/m0/s1. The molecule has 4 heterocycles. The van der Waals surface area contributed by atoms with Gasteiger partial charge in [0.15, 0.2) is 0 Å². The maximum Gasteiger partial charge on any atom is 0.406 e. The SMILES string of the molecule is Cc1cc(Cl)cc(-c2ccnc3cc(Cn4c(=O)ccn(CC(F)(F)F)c4=O)sc23)c1O[C@@H]1CCCN[C@H]1C. The van der Waals surface area contributed by atoms with Crippen LogP contribution in [-0.2, 0) is 13.1 Å². The molecule has 0 unspecified atom stereocenters. The van der Waals surface area contributed by atoms with E-state index in [-0.39, 0.29) is 18.7 Å². The molecule has 1 N–H and O–H groups in total. The number of nitrogens with one attached hydrogen (secondary N) is 1. The molecule has 2 atom stereocenters. The molecular formula is C27H26ClF3N4O3S. The number of ether oxygens (including phenoxy) is 1. The van der Waals surface area contributed by atoms with Crippen molar-refractivity contribution in [3.8, 4) is 16.9 Å². The average molecular weight is 579 g/mol. The molecule has 0 saturated carbocycles. The van der Waals surface area contributed by atoms with E-state index in [1.807, 2.05) is 25.1 Å². The minimum Gasteiger partial charge on any atom is -0.488 e. The molecule has 4 aromatic rings. The molecule has 3 aromatic heterocycles. The third-order valence-electron chi connectivity index (χ3n) is 6.75. The topological polar surface area (TPSA) is 78.2 Å². The van der Waals surface area contributed by atoms with Gasteiger partial charge in [0.2, 0.25) is 0 Å². The number of pyridine rings is 1. The lowest BCUT2D eigenvalue weighted by Crippen LogP contribution is -2.45. The van der Waals surface area contributed by atoms with Crippen molar-refractivity contribution in [1.82, 2.24) is 19.4 Å². The van der Waals surface area contributed by atoms with Crippen LogP contribution < -0.4 is 21.3 Å². The van der Waals surface area contributed by atoms with Crippen LogP contribution in [0.1, 0.15) is 30.2 Å². The zero-order valence-electron chi connectivity index (χ0n) is 21.2. The number of piperidine rings is 1. The summed E-state index contributed by atoms with van der Waals surface area (Å²) < 4.78 is 47.3. The summed E-state index contributed by atoms with van der Waals surface area (Å²) in [5.74, 6) is 0.719. The van der Waals surface area contributed by atoms with Crippen molar-refractivity contribution in [3.63, 3.8) is 0 Å². The van der Waals surface area contributed by atoms with Crippen molar-refractivity contribution >= 4 is 33.2 Å². The Labute approximate surface area is 230 Å². The number of aryl methyl sites for hydroxylation is 1. The molecule has 206 valence electrons. The molecule has 1 aliphatic heterocycles. The van der Waals surface area contributed by atoms with Crippen LogP contribution in [-0.4, -0.2) is 39.0 Å². The highest BCUT2D eigenvalue weighted by Crippen LogP contribution is 2.42. The minimum absolute atomic E-state index is 0.0163. The average Bonchev–Trinajstić information content (AvgIpc) is 3.28. The van der Waals surface area contributed by atoms with E-state index < -0.39 is 24.0 Å². The zero-order chi connectivity index (χ0) is 27.9. The lowest BCUT2D eigenvalue weighted by molar-refractivity contribution is -0.141. The van der Waals surface area contributed by atoms with E-state index in [0.29, 0.717) is 20.0 Å². The largest absolute Gasteiger partial charge is 0.488 e. The summed E-state index contributed by atoms with van der Waals surface area (Å²) in [6.45, 7) is 3.33. The van der Waals surface area contributed by atoms with Gasteiger partial charge in [-0.15, -0.1) is 11.3 Å². The van der Waals surface area contributed by atoms with Gasteiger partial charge in [-0.2, -0.15) is 13.2 Å². The van der Waals surface area contributed by atoms with Crippen molar-refractivity contribution in [2.24, 2.45) is 0 Å². The molecule has 39 heavy (non-hydrogen) atoms. The van der Waals surface area contributed by atoms with Crippen molar-refractivity contribution in [2.45, 2.75) is 58.1 Å². The van der Waals surface area contributed by atoms with Gasteiger partial charge in [0.25, 0.3) is 5.56 Å². The van der Waals surface area contributed by atoms with Gasteiger partial charge in [0.05, 0.1) is 16.8 Å². The number of hydrogen-bond acceptors (Lipinski definition) is 6. The summed E-state index contributed by atoms with van der Waals surface area (Å²) in [6.07, 6.45) is -0.161. The molecule has 1 fully saturated rings. The third kappa shape index (κ3) is 5.90. The van der Waals surface area contributed by atoms with E-state index in [2.05, 4.69) is 17.2 Å². The number of rotatable bonds is 6. The van der Waals surface area contributed by atoms with Gasteiger partial charge in [0, 0.05) is 45.5 Å². The summed E-state index contributed by atoms with van der Waals surface area (Å²) in [5, 5.41) is 4.00. The van der Waals surface area contributed by atoms with Gasteiger partial charge in [-0.05, 0) is 63.1 Å². The molecule has 12 heteroatoms. The second-order valence-electron chi connectivity index (χ2n) is 9.69. The summed E-state index contributed by atoms with van der Waals surface area (Å²) in [7, 11) is 0. The smallest absolute Gasteiger partial charge is 0.406 e. The highest BCUT2D eigenvalue weighted by Gasteiger charge is 2.29. The Hall–Kier alpha value is -3.15. The van der Waals surface area contributed by atoms with E-state index in [1.54, 1.807) is 12.3 Å². The Balaban J connectivity index is 1.56. The molecule has 0 aliphatic carbocycles. The molecule has 1 saturated heterocycles. The Morgan fingerprint density at radius 1 is 1.21 bits per heavy atom. The normalized spacial score (nSPS) is 18.0. The van der Waals surface area contributed by atoms with Crippen molar-refractivity contribution in [1.29, 1.82) is 0 Å². The van der Waals surface area contributed by atoms with E-state index in [1.165, 1.54) is 11.3 Å². The van der Waals surface area contributed by atoms with Crippen LogP contribution in [0.2, 0.25) is 5.02 Å². The second-order valence-corrected chi connectivity index (χ2v) is 11.3. The molecule has 7 nitrogen and oxygen atoms in total. The molecule has 1 aliphatic rings. The Morgan fingerprint density at radius 3 is 2.74 bits per heavy atom. The zero-order valence-corrected chi connectivity index (χ0v) is 22.8. The van der Waals surface area contributed by atoms with E-state index >= 15 is 0 Å². The fourth-order valence-electron chi connectivity index (χ4n) is 4.86. The third-order valence-corrected chi connectivity index (χ3v) is 8.11. The molecule has 0 bridgehead atoms. The Morgan fingerprint density at radius 2 is 2.00 bits per heavy atom. The molecule has 0 radical (unpaired) electrons. The molecule has 1 aromatic carbocycles. The van der Waals surface area contributed by atoms with Gasteiger partial charge in [-0.25, -0.2) is 4.79 Å². The Bertz CT molecular complexity index is 1650. The summed E-state index contributed by atoms with van der Waals surface area (Å²) in [4.78, 5) is 30.2. The van der Waals surface area contributed by atoms with E-state index in [4.69, 9.17) is 16.3 Å². The number of nitrogens with zero attached hydrogens (tertiary/aromatic N) is 3. The number of alkyl halides is 3. The van der Waals surface area contributed by atoms with E-state index in [9.17, 15) is 22.8 Å². The number of aromatic nitrogens is 3. The molecule has 5 rings (SSSR count). The quantitative estimate of drug-likeness (QED) is 0.332. The predicted molar refractivity (Wildman–Crippen MR) is 146 cm³/mol. The van der Waals surface area contributed by atoms with Crippen LogP contribution in [0.5, 0.6) is 5.75 Å². The minimum atomic E-state index is -4.59. The van der Waals surface area contributed by atoms with Crippen LogP contribution in [0, 0.1) is 6.92 Å². The number of hydrogen-bond donors (Lipinski definition) is 1. The maximum absolute atomic E-state index is 12.9. The first kappa shape index (κ1) is 27.4. The number of thiophene rings is 1. The highest BCUT2D eigenvalue weighted by atomic mass is 35.5. The number of fused-ring (bicyclic) bond motifs is 1. The fourth-order valence-corrected chi connectivity index (χ4v) is 6.27. The van der Waals surface area contributed by atoms with Crippen molar-refractivity contribution in [2.75, 3.05) is 6.54 Å². The summed E-state index contributed by atoms with van der Waals surface area (Å²) in [6, 6.07) is 8.43. The maximum atomic E-state index is 12.9. The second kappa shape index (κ2) is 10.8. The first-order chi connectivity index (χ1) is 18.5. The first-order valence-corrected chi connectivity index (χ1v) is 13.6. The summed E-state index contributed by atoms with van der Waals surface area (Å²) >= 11 is 7.78. The fraction of sp³-hybridized carbons (Fsp3) is 0.370. The molecule has 0 spiro atoms. The molecular weight excluding hydrogens is 553 g/mol. The van der Waals surface area contributed by atoms with E-state index in [0.717, 1.165) is 63.4 Å². The van der Waals surface area contributed by atoms with Gasteiger partial charge in [-0.3, -0.25) is 18.9 Å². The van der Waals surface area contributed by atoms with Gasteiger partial charge in [-0.1, -0.05) is 11.6 Å². The molecule has 0 amide bonds. The van der Waals surface area contributed by atoms with Crippen LogP contribution in [0.3, 0.4) is 0 Å². The van der Waals surface area contributed by atoms with Crippen LogP contribution >= 0.6 is 22.9 Å². The number of halogens is 4. The lowest BCUT2D eigenvalue weighted by Gasteiger charge is -2.31. The summed E-state index contributed by atoms with van der Waals surface area (Å²) in [5.41, 5.74) is 1.43. The van der Waals surface area contributed by atoms with Gasteiger partial charge >= 0.3 is 11.9 Å². The highest BCUT2D eigenvalue weighted by molar-refractivity contribution is 7.19. The lowest BCUT2D eigenvalue weighted by atomic mass is 10.00. The van der Waals surface area contributed by atoms with Crippen LogP contribution in [0.4, 0.5) is 13.2 Å². The monoisotopic (exact) mass is 578 g/mol. The van der Waals surface area contributed by atoms with Gasteiger partial charge < -0.3 is 10.1 Å². The number of benzene rings is 1. The van der Waals surface area contributed by atoms with Crippen LogP contribution in [0.25, 0.3) is 21.3 Å². The van der Waals surface area contributed by atoms with Crippen molar-refractivity contribution in [3.05, 3.63) is 79.0 Å². The van der Waals surface area contributed by atoms with Crippen molar-refractivity contribution < 1.29 is 17.9 Å².